The van der Waals surface area contributed by atoms with Gasteiger partial charge in [-0.05, 0) is 6.07 Å². The van der Waals surface area contributed by atoms with Gasteiger partial charge in [-0.25, -0.2) is 8.42 Å². The third-order valence-corrected chi connectivity index (χ3v) is 5.93. The average Bonchev–Trinajstić information content (AvgIpc) is 2.47. The third kappa shape index (κ3) is 3.17. The van der Waals surface area contributed by atoms with E-state index >= 15 is 0 Å². The largest absolute Gasteiger partial charge is 0.480 e. The van der Waals surface area contributed by atoms with Crippen molar-refractivity contribution in [1.29, 1.82) is 0 Å². The molecule has 1 aliphatic rings. The van der Waals surface area contributed by atoms with Crippen LogP contribution < -0.4 is 0 Å². The van der Waals surface area contributed by atoms with Crippen molar-refractivity contribution in [2.24, 2.45) is 0 Å². The standard InChI is InChI=1S/C11H12N2O6S2/c14-11(15)10-7-20-5-4-12(10)21(18,19)9-3-1-2-8(6-9)13(16)17/h1-3,6,10H,4-5,7H2,(H,14,15). The Hall–Kier alpha value is -1.65. The predicted octanol–water partition coefficient (Wildman–Crippen LogP) is 0.785. The van der Waals surface area contributed by atoms with Crippen LogP contribution in [0.1, 0.15) is 0 Å². The van der Waals surface area contributed by atoms with Gasteiger partial charge in [0.2, 0.25) is 10.0 Å². The Morgan fingerprint density at radius 3 is 2.81 bits per heavy atom. The highest BCUT2D eigenvalue weighted by molar-refractivity contribution is 7.99. The molecule has 114 valence electrons. The number of sulfonamides is 1. The number of rotatable bonds is 4. The fourth-order valence-electron chi connectivity index (χ4n) is 1.96. The number of aliphatic carboxylic acids is 1. The number of hydrogen-bond acceptors (Lipinski definition) is 6. The fourth-order valence-corrected chi connectivity index (χ4v) is 4.83. The van der Waals surface area contributed by atoms with Crippen LogP contribution >= 0.6 is 11.8 Å². The number of carbonyl (C=O) groups is 1. The van der Waals surface area contributed by atoms with E-state index in [2.05, 4.69) is 0 Å². The van der Waals surface area contributed by atoms with E-state index < -0.39 is 27.0 Å². The first-order chi connectivity index (χ1) is 9.84. The second-order valence-electron chi connectivity index (χ2n) is 4.30. The first-order valence-electron chi connectivity index (χ1n) is 5.91. The first kappa shape index (κ1) is 15.7. The van der Waals surface area contributed by atoms with E-state index in [-0.39, 0.29) is 22.9 Å². The highest BCUT2D eigenvalue weighted by Crippen LogP contribution is 2.26. The quantitative estimate of drug-likeness (QED) is 0.639. The van der Waals surface area contributed by atoms with Crippen molar-refractivity contribution in [1.82, 2.24) is 4.31 Å². The van der Waals surface area contributed by atoms with Crippen LogP contribution in [0.15, 0.2) is 29.2 Å². The summed E-state index contributed by atoms with van der Waals surface area (Å²) in [6, 6.07) is 3.45. The van der Waals surface area contributed by atoms with Crippen molar-refractivity contribution < 1.29 is 23.2 Å². The molecule has 0 aliphatic carbocycles. The lowest BCUT2D eigenvalue weighted by atomic mass is 10.3. The highest BCUT2D eigenvalue weighted by Gasteiger charge is 2.38. The average molecular weight is 332 g/mol. The van der Waals surface area contributed by atoms with E-state index in [0.29, 0.717) is 5.75 Å². The fraction of sp³-hybridized carbons (Fsp3) is 0.364. The zero-order chi connectivity index (χ0) is 15.6. The summed E-state index contributed by atoms with van der Waals surface area (Å²) >= 11 is 1.36. The number of nitro groups is 1. The van der Waals surface area contributed by atoms with E-state index in [1.807, 2.05) is 0 Å². The van der Waals surface area contributed by atoms with Crippen LogP contribution in [0.2, 0.25) is 0 Å². The molecule has 2 rings (SSSR count). The molecule has 1 aliphatic heterocycles. The predicted molar refractivity (Wildman–Crippen MR) is 75.7 cm³/mol. The Morgan fingerprint density at radius 2 is 2.19 bits per heavy atom. The molecule has 1 saturated heterocycles. The van der Waals surface area contributed by atoms with Gasteiger partial charge < -0.3 is 5.11 Å². The Balaban J connectivity index is 2.43. The number of carboxylic acid groups (broad SMARTS) is 1. The molecule has 1 unspecified atom stereocenters. The normalized spacial score (nSPS) is 20.1. The Kier molecular flexibility index (Phi) is 4.49. The van der Waals surface area contributed by atoms with Gasteiger partial charge in [-0.2, -0.15) is 16.1 Å². The van der Waals surface area contributed by atoms with Gasteiger partial charge in [0.05, 0.1) is 9.82 Å². The van der Waals surface area contributed by atoms with E-state index in [1.165, 1.54) is 30.0 Å². The Morgan fingerprint density at radius 1 is 1.48 bits per heavy atom. The minimum atomic E-state index is -4.08. The number of benzene rings is 1. The molecule has 0 saturated carbocycles. The number of carboxylic acids is 1. The molecule has 0 aromatic heterocycles. The van der Waals surface area contributed by atoms with Gasteiger partial charge in [-0.3, -0.25) is 14.9 Å². The molecule has 0 bridgehead atoms. The summed E-state index contributed by atoms with van der Waals surface area (Å²) in [5, 5.41) is 19.9. The van der Waals surface area contributed by atoms with Gasteiger partial charge in [0.1, 0.15) is 6.04 Å². The Bertz CT molecular complexity index is 675. The monoisotopic (exact) mass is 332 g/mol. The second kappa shape index (κ2) is 6.00. The van der Waals surface area contributed by atoms with E-state index in [1.54, 1.807) is 0 Å². The van der Waals surface area contributed by atoms with E-state index in [0.717, 1.165) is 10.4 Å². The van der Waals surface area contributed by atoms with Gasteiger partial charge in [0, 0.05) is 30.2 Å². The van der Waals surface area contributed by atoms with Crippen LogP contribution in [-0.2, 0) is 14.8 Å². The van der Waals surface area contributed by atoms with Crippen LogP contribution in [0, 0.1) is 10.1 Å². The molecule has 1 aromatic rings. The zero-order valence-electron chi connectivity index (χ0n) is 10.7. The topological polar surface area (TPSA) is 118 Å². The number of hydrogen-bond donors (Lipinski definition) is 1. The summed E-state index contributed by atoms with van der Waals surface area (Å²) in [5.74, 6) is -0.585. The molecule has 1 heterocycles. The molecule has 1 fully saturated rings. The third-order valence-electron chi connectivity index (χ3n) is 3.00. The molecule has 8 nitrogen and oxygen atoms in total. The van der Waals surface area contributed by atoms with Gasteiger partial charge >= 0.3 is 5.97 Å². The highest BCUT2D eigenvalue weighted by atomic mass is 32.2. The number of nitrogens with zero attached hydrogens (tertiary/aromatic N) is 2. The van der Waals surface area contributed by atoms with Gasteiger partial charge in [0.15, 0.2) is 0 Å². The maximum absolute atomic E-state index is 12.5. The van der Waals surface area contributed by atoms with Crippen LogP contribution in [0.3, 0.4) is 0 Å². The summed E-state index contributed by atoms with van der Waals surface area (Å²) in [4.78, 5) is 21.0. The number of nitro benzene ring substituents is 1. The van der Waals surface area contributed by atoms with Crippen molar-refractivity contribution in [3.63, 3.8) is 0 Å². The summed E-state index contributed by atoms with van der Waals surface area (Å²) in [6.45, 7) is 0.0622. The molecule has 0 spiro atoms. The number of thioether (sulfide) groups is 1. The molecule has 21 heavy (non-hydrogen) atoms. The molecule has 1 N–H and O–H groups in total. The molecular weight excluding hydrogens is 320 g/mol. The summed E-state index contributed by atoms with van der Waals surface area (Å²) in [7, 11) is -4.08. The van der Waals surface area contributed by atoms with Crippen molar-refractivity contribution in [2.75, 3.05) is 18.1 Å². The minimum Gasteiger partial charge on any atom is -0.480 e. The zero-order valence-corrected chi connectivity index (χ0v) is 12.3. The first-order valence-corrected chi connectivity index (χ1v) is 8.50. The van der Waals surface area contributed by atoms with Crippen LogP contribution in [0.25, 0.3) is 0 Å². The number of non-ortho nitro benzene ring substituents is 1. The SMILES string of the molecule is O=C(O)C1CSCCN1S(=O)(=O)c1cccc([N+](=O)[O-])c1. The van der Waals surface area contributed by atoms with Crippen molar-refractivity contribution in [3.8, 4) is 0 Å². The van der Waals surface area contributed by atoms with Crippen LogP contribution in [0.4, 0.5) is 5.69 Å². The van der Waals surface area contributed by atoms with Gasteiger partial charge in [0.25, 0.3) is 5.69 Å². The molecule has 1 aromatic carbocycles. The summed E-state index contributed by atoms with van der Waals surface area (Å²) in [5.41, 5.74) is -0.352. The molecule has 10 heteroatoms. The molecule has 0 amide bonds. The molecule has 0 radical (unpaired) electrons. The maximum Gasteiger partial charge on any atom is 0.322 e. The summed E-state index contributed by atoms with van der Waals surface area (Å²) in [6.07, 6.45) is 0. The lowest BCUT2D eigenvalue weighted by molar-refractivity contribution is -0.385. The molecular formula is C11H12N2O6S2. The second-order valence-corrected chi connectivity index (χ2v) is 7.34. The maximum atomic E-state index is 12.5. The summed E-state index contributed by atoms with van der Waals surface area (Å²) < 4.78 is 25.9. The lowest BCUT2D eigenvalue weighted by Gasteiger charge is -2.31. The van der Waals surface area contributed by atoms with Crippen LogP contribution in [-0.4, -0.2) is 52.8 Å². The van der Waals surface area contributed by atoms with E-state index in [9.17, 15) is 23.3 Å². The van der Waals surface area contributed by atoms with E-state index in [4.69, 9.17) is 5.11 Å². The Labute approximate surface area is 125 Å². The van der Waals surface area contributed by atoms with Crippen molar-refractivity contribution >= 4 is 33.4 Å². The molecule has 1 atom stereocenters. The van der Waals surface area contributed by atoms with Crippen molar-refractivity contribution in [3.05, 3.63) is 34.4 Å². The van der Waals surface area contributed by atoms with Crippen LogP contribution in [0.5, 0.6) is 0 Å². The minimum absolute atomic E-state index is 0.0622. The van der Waals surface area contributed by atoms with Gasteiger partial charge in [-0.1, -0.05) is 6.07 Å². The smallest absolute Gasteiger partial charge is 0.322 e. The van der Waals surface area contributed by atoms with Gasteiger partial charge in [-0.15, -0.1) is 0 Å². The van der Waals surface area contributed by atoms with Crippen molar-refractivity contribution in [2.45, 2.75) is 10.9 Å². The lowest BCUT2D eigenvalue weighted by Crippen LogP contribution is -2.50.